The summed E-state index contributed by atoms with van der Waals surface area (Å²) in [7, 11) is 0. The number of nitrogens with zero attached hydrogens (tertiary/aromatic N) is 2. The van der Waals surface area contributed by atoms with E-state index >= 15 is 0 Å². The van der Waals surface area contributed by atoms with Gasteiger partial charge in [-0.25, -0.2) is 9.97 Å². The first-order chi connectivity index (χ1) is 12.7. The zero-order chi connectivity index (χ0) is 18.4. The lowest BCUT2D eigenvalue weighted by Crippen LogP contribution is -2.16. The highest BCUT2D eigenvalue weighted by atomic mass is 35.5. The summed E-state index contributed by atoms with van der Waals surface area (Å²) < 4.78 is 0. The van der Waals surface area contributed by atoms with Crippen LogP contribution < -0.4 is 10.6 Å². The van der Waals surface area contributed by atoms with E-state index in [1.807, 2.05) is 30.3 Å². The second kappa shape index (κ2) is 8.45. The fourth-order valence-electron chi connectivity index (χ4n) is 2.35. The van der Waals surface area contributed by atoms with Gasteiger partial charge in [0.05, 0.1) is 0 Å². The number of anilines is 2. The van der Waals surface area contributed by atoms with Crippen molar-refractivity contribution in [2.24, 2.45) is 0 Å². The van der Waals surface area contributed by atoms with Crippen molar-refractivity contribution in [2.75, 3.05) is 17.2 Å². The normalized spacial score (nSPS) is 10.4. The van der Waals surface area contributed by atoms with Crippen molar-refractivity contribution in [1.29, 1.82) is 0 Å². The Labute approximate surface area is 157 Å². The second-order valence-corrected chi connectivity index (χ2v) is 6.15. The molecule has 26 heavy (non-hydrogen) atoms. The average Bonchev–Trinajstić information content (AvgIpc) is 2.68. The van der Waals surface area contributed by atoms with E-state index in [4.69, 9.17) is 11.6 Å². The predicted octanol–water partition coefficient (Wildman–Crippen LogP) is 4.87. The van der Waals surface area contributed by atoms with Crippen LogP contribution in [0.5, 0.6) is 0 Å². The van der Waals surface area contributed by atoms with E-state index in [-0.39, 0.29) is 5.91 Å². The van der Waals surface area contributed by atoms with Crippen LogP contribution in [-0.2, 0) is 0 Å². The monoisotopic (exact) mass is 366 g/mol. The van der Waals surface area contributed by atoms with E-state index in [1.165, 1.54) is 0 Å². The van der Waals surface area contributed by atoms with Gasteiger partial charge in [0.2, 0.25) is 0 Å². The zero-order valence-corrected chi connectivity index (χ0v) is 15.1. The summed E-state index contributed by atoms with van der Waals surface area (Å²) >= 11 is 5.88. The quantitative estimate of drug-likeness (QED) is 0.653. The van der Waals surface area contributed by atoms with Gasteiger partial charge in [-0.3, -0.25) is 4.79 Å². The molecule has 0 aliphatic carbocycles. The molecule has 0 bridgehead atoms. The van der Waals surface area contributed by atoms with Crippen molar-refractivity contribution < 1.29 is 4.79 Å². The Bertz CT molecular complexity index is 882. The van der Waals surface area contributed by atoms with Crippen LogP contribution in [0.25, 0.3) is 11.4 Å². The Morgan fingerprint density at radius 3 is 2.46 bits per heavy atom. The summed E-state index contributed by atoms with van der Waals surface area (Å²) in [4.78, 5) is 21.6. The number of halogens is 1. The van der Waals surface area contributed by atoms with Crippen LogP contribution >= 0.6 is 11.6 Å². The molecule has 0 atom stereocenters. The van der Waals surface area contributed by atoms with Gasteiger partial charge in [-0.2, -0.15) is 0 Å². The van der Waals surface area contributed by atoms with Crippen LogP contribution in [0.15, 0.2) is 60.7 Å². The first-order valence-corrected chi connectivity index (χ1v) is 8.79. The number of rotatable bonds is 6. The highest BCUT2D eigenvalue weighted by Crippen LogP contribution is 2.19. The minimum atomic E-state index is -0.300. The summed E-state index contributed by atoms with van der Waals surface area (Å²) in [6.07, 6.45) is 0.955. The molecule has 132 valence electrons. The molecular weight excluding hydrogens is 348 g/mol. The van der Waals surface area contributed by atoms with Crippen molar-refractivity contribution in [3.05, 3.63) is 71.4 Å². The third-order valence-corrected chi connectivity index (χ3v) is 3.90. The van der Waals surface area contributed by atoms with Crippen LogP contribution in [0, 0.1) is 0 Å². The summed E-state index contributed by atoms with van der Waals surface area (Å²) in [5, 5.41) is 6.67. The maximum absolute atomic E-state index is 12.6. The van der Waals surface area contributed by atoms with Crippen LogP contribution in [0.3, 0.4) is 0 Å². The lowest BCUT2D eigenvalue weighted by atomic mass is 10.2. The standard InChI is InChI=1S/C20H19ClN4O/c1-2-12-22-18-13-17(20(26)23-16-10-8-15(21)9-11-16)24-19(25-18)14-6-4-3-5-7-14/h3-11,13H,2,12H2,1H3,(H,23,26)(H,22,24,25). The molecule has 0 spiro atoms. The van der Waals surface area contributed by atoms with Crippen molar-refractivity contribution in [1.82, 2.24) is 9.97 Å². The van der Waals surface area contributed by atoms with E-state index in [0.29, 0.717) is 28.0 Å². The van der Waals surface area contributed by atoms with Gasteiger partial charge < -0.3 is 10.6 Å². The number of nitrogens with one attached hydrogen (secondary N) is 2. The first kappa shape index (κ1) is 17.9. The second-order valence-electron chi connectivity index (χ2n) is 5.72. The van der Waals surface area contributed by atoms with Gasteiger partial charge in [-0.05, 0) is 30.7 Å². The molecule has 1 amide bonds. The highest BCUT2D eigenvalue weighted by molar-refractivity contribution is 6.30. The predicted molar refractivity (Wildman–Crippen MR) is 106 cm³/mol. The first-order valence-electron chi connectivity index (χ1n) is 8.41. The number of hydrogen-bond acceptors (Lipinski definition) is 4. The van der Waals surface area contributed by atoms with E-state index in [1.54, 1.807) is 30.3 Å². The molecule has 3 aromatic rings. The number of aromatic nitrogens is 2. The largest absolute Gasteiger partial charge is 0.370 e. The van der Waals surface area contributed by atoms with Gasteiger partial charge in [-0.1, -0.05) is 48.9 Å². The Balaban J connectivity index is 1.91. The highest BCUT2D eigenvalue weighted by Gasteiger charge is 2.13. The van der Waals surface area contributed by atoms with Gasteiger partial charge in [0, 0.05) is 28.9 Å². The molecule has 1 heterocycles. The van der Waals surface area contributed by atoms with Crippen molar-refractivity contribution >= 4 is 29.0 Å². The van der Waals surface area contributed by atoms with E-state index in [9.17, 15) is 4.79 Å². The number of carbonyl (C=O) groups excluding carboxylic acids is 1. The number of benzene rings is 2. The molecule has 0 saturated carbocycles. The summed E-state index contributed by atoms with van der Waals surface area (Å²) in [6, 6.07) is 18.2. The van der Waals surface area contributed by atoms with Gasteiger partial charge in [-0.15, -0.1) is 0 Å². The molecule has 5 nitrogen and oxygen atoms in total. The molecule has 3 rings (SSSR count). The smallest absolute Gasteiger partial charge is 0.274 e. The third-order valence-electron chi connectivity index (χ3n) is 3.65. The molecule has 6 heteroatoms. The lowest BCUT2D eigenvalue weighted by molar-refractivity contribution is 0.102. The fourth-order valence-corrected chi connectivity index (χ4v) is 2.48. The molecule has 0 aliphatic rings. The molecule has 0 saturated heterocycles. The molecule has 2 N–H and O–H groups in total. The SMILES string of the molecule is CCCNc1cc(C(=O)Nc2ccc(Cl)cc2)nc(-c2ccccc2)n1. The van der Waals surface area contributed by atoms with Gasteiger partial charge in [0.15, 0.2) is 5.82 Å². The van der Waals surface area contributed by atoms with Crippen molar-refractivity contribution in [3.63, 3.8) is 0 Å². The Hall–Kier alpha value is -2.92. The maximum Gasteiger partial charge on any atom is 0.274 e. The average molecular weight is 367 g/mol. The summed E-state index contributed by atoms with van der Waals surface area (Å²) in [5.74, 6) is 0.835. The van der Waals surface area contributed by atoms with Crippen LogP contribution in [0.4, 0.5) is 11.5 Å². The van der Waals surface area contributed by atoms with E-state index in [2.05, 4.69) is 27.5 Å². The van der Waals surface area contributed by atoms with Gasteiger partial charge >= 0.3 is 0 Å². The molecule has 0 radical (unpaired) electrons. The van der Waals surface area contributed by atoms with Gasteiger partial charge in [0.25, 0.3) is 5.91 Å². The number of hydrogen-bond donors (Lipinski definition) is 2. The molecule has 0 fully saturated rings. The molecule has 1 aromatic heterocycles. The van der Waals surface area contributed by atoms with E-state index < -0.39 is 0 Å². The fraction of sp³-hybridized carbons (Fsp3) is 0.150. The molecular formula is C20H19ClN4O. The molecule has 2 aromatic carbocycles. The van der Waals surface area contributed by atoms with Crippen LogP contribution in [0.2, 0.25) is 5.02 Å². The molecule has 0 unspecified atom stereocenters. The Morgan fingerprint density at radius 2 is 1.77 bits per heavy atom. The maximum atomic E-state index is 12.6. The summed E-state index contributed by atoms with van der Waals surface area (Å²) in [5.41, 5.74) is 1.81. The minimum absolute atomic E-state index is 0.299. The topological polar surface area (TPSA) is 66.9 Å². The third kappa shape index (κ3) is 4.58. The molecule has 0 aliphatic heterocycles. The Kier molecular flexibility index (Phi) is 5.81. The summed E-state index contributed by atoms with van der Waals surface area (Å²) in [6.45, 7) is 2.84. The van der Waals surface area contributed by atoms with Gasteiger partial charge in [0.1, 0.15) is 11.5 Å². The van der Waals surface area contributed by atoms with Crippen LogP contribution in [-0.4, -0.2) is 22.4 Å². The van der Waals surface area contributed by atoms with Crippen molar-refractivity contribution in [2.45, 2.75) is 13.3 Å². The number of amides is 1. The van der Waals surface area contributed by atoms with Crippen LogP contribution in [0.1, 0.15) is 23.8 Å². The lowest BCUT2D eigenvalue weighted by Gasteiger charge is -2.10. The minimum Gasteiger partial charge on any atom is -0.370 e. The van der Waals surface area contributed by atoms with Crippen molar-refractivity contribution in [3.8, 4) is 11.4 Å². The zero-order valence-electron chi connectivity index (χ0n) is 14.4. The number of carbonyl (C=O) groups is 1. The Morgan fingerprint density at radius 1 is 1.04 bits per heavy atom. The van der Waals surface area contributed by atoms with E-state index in [0.717, 1.165) is 18.5 Å².